The second kappa shape index (κ2) is 8.70. The van der Waals surface area contributed by atoms with Crippen LogP contribution in [0, 0.1) is 0 Å². The number of aliphatic imine (C=N–C) groups is 1. The van der Waals surface area contributed by atoms with Crippen molar-refractivity contribution in [3.63, 3.8) is 0 Å². The minimum absolute atomic E-state index is 0.113. The predicted octanol–water partition coefficient (Wildman–Crippen LogP) is 5.30. The maximum Gasteiger partial charge on any atom is 0.0901 e. The van der Waals surface area contributed by atoms with Gasteiger partial charge in [0.05, 0.1) is 11.3 Å². The summed E-state index contributed by atoms with van der Waals surface area (Å²) >= 11 is 0. The highest BCUT2D eigenvalue weighted by Gasteiger charge is 2.28. The third-order valence-electron chi connectivity index (χ3n) is 3.92. The summed E-state index contributed by atoms with van der Waals surface area (Å²) in [5.74, 6) is 0. The first-order valence-corrected chi connectivity index (χ1v) is 8.40. The smallest absolute Gasteiger partial charge is 0.0901 e. The summed E-state index contributed by atoms with van der Waals surface area (Å²) in [6.45, 7) is 5.21. The van der Waals surface area contributed by atoms with Crippen molar-refractivity contribution >= 4 is 6.21 Å². The Morgan fingerprint density at radius 1 is 1.18 bits per heavy atom. The van der Waals surface area contributed by atoms with Crippen molar-refractivity contribution < 1.29 is 4.74 Å². The van der Waals surface area contributed by atoms with Crippen LogP contribution in [0.5, 0.6) is 0 Å². The number of hydrogen-bond acceptors (Lipinski definition) is 2. The molecule has 2 heteroatoms. The summed E-state index contributed by atoms with van der Waals surface area (Å²) < 4.78 is 6.15. The SMILES string of the molecule is CCCCC1(OCCC)C=CC(N=Cc2ccccc2)=CC1. The summed E-state index contributed by atoms with van der Waals surface area (Å²) in [5.41, 5.74) is 2.04. The molecule has 1 aliphatic carbocycles. The molecule has 1 atom stereocenters. The molecule has 0 saturated carbocycles. The highest BCUT2D eigenvalue weighted by molar-refractivity contribution is 5.80. The van der Waals surface area contributed by atoms with Gasteiger partial charge in [0, 0.05) is 19.2 Å². The van der Waals surface area contributed by atoms with Gasteiger partial charge in [-0.2, -0.15) is 0 Å². The molecule has 1 aromatic carbocycles. The molecule has 2 nitrogen and oxygen atoms in total. The molecule has 1 aromatic rings. The molecule has 22 heavy (non-hydrogen) atoms. The zero-order valence-electron chi connectivity index (χ0n) is 13.8. The first kappa shape index (κ1) is 16.7. The Balaban J connectivity index is 2.00. The van der Waals surface area contributed by atoms with Crippen molar-refractivity contribution in [1.82, 2.24) is 0 Å². The first-order valence-electron chi connectivity index (χ1n) is 8.40. The summed E-state index contributed by atoms with van der Waals surface area (Å²) in [6.07, 6.45) is 13.9. The fraction of sp³-hybridized carbons (Fsp3) is 0.450. The normalized spacial score (nSPS) is 21.3. The number of rotatable bonds is 8. The topological polar surface area (TPSA) is 21.6 Å². The standard InChI is InChI=1S/C20H27NO/c1-3-5-13-20(22-16-4-2)14-11-19(12-15-20)21-17-18-9-7-6-8-10-18/h6-12,14,17H,3-5,13,15-16H2,1-2H3. The molecule has 0 radical (unpaired) electrons. The van der Waals surface area contributed by atoms with Gasteiger partial charge >= 0.3 is 0 Å². The molecule has 0 N–H and O–H groups in total. The minimum Gasteiger partial charge on any atom is -0.371 e. The lowest BCUT2D eigenvalue weighted by atomic mass is 9.88. The molecule has 0 amide bonds. The van der Waals surface area contributed by atoms with E-state index in [0.29, 0.717) is 0 Å². The van der Waals surface area contributed by atoms with Crippen LogP contribution in [0.4, 0.5) is 0 Å². The van der Waals surface area contributed by atoms with Crippen LogP contribution in [-0.4, -0.2) is 18.4 Å². The molecule has 0 spiro atoms. The van der Waals surface area contributed by atoms with Crippen LogP contribution in [0.3, 0.4) is 0 Å². The number of ether oxygens (including phenoxy) is 1. The molecular weight excluding hydrogens is 270 g/mol. The van der Waals surface area contributed by atoms with E-state index in [1.54, 1.807) is 0 Å². The minimum atomic E-state index is -0.113. The van der Waals surface area contributed by atoms with E-state index in [0.717, 1.165) is 37.1 Å². The van der Waals surface area contributed by atoms with Gasteiger partial charge in [0.1, 0.15) is 0 Å². The lowest BCUT2D eigenvalue weighted by Crippen LogP contribution is -2.31. The van der Waals surface area contributed by atoms with Crippen molar-refractivity contribution in [2.45, 2.75) is 51.6 Å². The average Bonchev–Trinajstić information content (AvgIpc) is 2.59. The highest BCUT2D eigenvalue weighted by atomic mass is 16.5. The second-order valence-electron chi connectivity index (χ2n) is 5.85. The average molecular weight is 297 g/mol. The Morgan fingerprint density at radius 3 is 2.64 bits per heavy atom. The van der Waals surface area contributed by atoms with Gasteiger partial charge in [-0.05, 0) is 24.5 Å². The van der Waals surface area contributed by atoms with Gasteiger partial charge < -0.3 is 4.74 Å². The van der Waals surface area contributed by atoms with Crippen LogP contribution >= 0.6 is 0 Å². The van der Waals surface area contributed by atoms with Crippen molar-refractivity contribution in [1.29, 1.82) is 0 Å². The first-order chi connectivity index (χ1) is 10.8. The Labute approximate surface area is 134 Å². The zero-order valence-corrected chi connectivity index (χ0v) is 13.8. The molecule has 0 aliphatic heterocycles. The molecule has 0 bridgehead atoms. The quantitative estimate of drug-likeness (QED) is 0.596. The van der Waals surface area contributed by atoms with E-state index < -0.39 is 0 Å². The van der Waals surface area contributed by atoms with E-state index in [2.05, 4.69) is 49.2 Å². The third-order valence-corrected chi connectivity index (χ3v) is 3.92. The summed E-state index contributed by atoms with van der Waals surface area (Å²) in [7, 11) is 0. The van der Waals surface area contributed by atoms with Gasteiger partial charge in [-0.15, -0.1) is 0 Å². The maximum absolute atomic E-state index is 6.15. The van der Waals surface area contributed by atoms with Gasteiger partial charge in [0.2, 0.25) is 0 Å². The van der Waals surface area contributed by atoms with Crippen LogP contribution in [0.1, 0.15) is 51.5 Å². The van der Waals surface area contributed by atoms with Crippen LogP contribution in [0.2, 0.25) is 0 Å². The van der Waals surface area contributed by atoms with E-state index in [1.165, 1.54) is 12.8 Å². The monoisotopic (exact) mass is 297 g/mol. The fourth-order valence-electron chi connectivity index (χ4n) is 2.58. The number of unbranched alkanes of at least 4 members (excludes halogenated alkanes) is 1. The van der Waals surface area contributed by atoms with Gasteiger partial charge in [-0.3, -0.25) is 4.99 Å². The third kappa shape index (κ3) is 4.96. The number of hydrogen-bond donors (Lipinski definition) is 0. The number of allylic oxidation sites excluding steroid dienone is 1. The van der Waals surface area contributed by atoms with Crippen LogP contribution in [0.25, 0.3) is 0 Å². The van der Waals surface area contributed by atoms with Gasteiger partial charge in [0.15, 0.2) is 0 Å². The Bertz CT molecular complexity index is 520. The highest BCUT2D eigenvalue weighted by Crippen LogP contribution is 2.30. The Kier molecular flexibility index (Phi) is 6.60. The van der Waals surface area contributed by atoms with Crippen molar-refractivity contribution in [2.75, 3.05) is 6.61 Å². The maximum atomic E-state index is 6.15. The molecule has 2 rings (SSSR count). The molecule has 1 unspecified atom stereocenters. The molecular formula is C20H27NO. The van der Waals surface area contributed by atoms with E-state index in [4.69, 9.17) is 4.74 Å². The predicted molar refractivity (Wildman–Crippen MR) is 94.4 cm³/mol. The van der Waals surface area contributed by atoms with Crippen molar-refractivity contribution in [2.24, 2.45) is 4.99 Å². The lowest BCUT2D eigenvalue weighted by Gasteiger charge is -2.32. The van der Waals surface area contributed by atoms with E-state index in [9.17, 15) is 0 Å². The molecule has 0 fully saturated rings. The Morgan fingerprint density at radius 2 is 2.00 bits per heavy atom. The molecule has 0 heterocycles. The largest absolute Gasteiger partial charge is 0.371 e. The fourth-order valence-corrected chi connectivity index (χ4v) is 2.58. The van der Waals surface area contributed by atoms with E-state index >= 15 is 0 Å². The summed E-state index contributed by atoms with van der Waals surface area (Å²) in [4.78, 5) is 4.57. The molecule has 0 aromatic heterocycles. The molecule has 1 aliphatic rings. The molecule has 0 saturated heterocycles. The lowest BCUT2D eigenvalue weighted by molar-refractivity contribution is -0.0145. The molecule has 118 valence electrons. The van der Waals surface area contributed by atoms with Crippen LogP contribution in [0.15, 0.2) is 59.2 Å². The Hall–Kier alpha value is -1.67. The van der Waals surface area contributed by atoms with Gasteiger partial charge in [-0.25, -0.2) is 0 Å². The number of benzene rings is 1. The van der Waals surface area contributed by atoms with E-state index in [-0.39, 0.29) is 5.60 Å². The summed E-state index contributed by atoms with van der Waals surface area (Å²) in [6, 6.07) is 10.2. The van der Waals surface area contributed by atoms with Crippen molar-refractivity contribution in [3.8, 4) is 0 Å². The van der Waals surface area contributed by atoms with Gasteiger partial charge in [-0.1, -0.05) is 69.2 Å². The van der Waals surface area contributed by atoms with Gasteiger partial charge in [0.25, 0.3) is 0 Å². The summed E-state index contributed by atoms with van der Waals surface area (Å²) in [5, 5.41) is 0. The van der Waals surface area contributed by atoms with Crippen LogP contribution in [-0.2, 0) is 4.74 Å². The second-order valence-corrected chi connectivity index (χ2v) is 5.85. The van der Waals surface area contributed by atoms with Crippen LogP contribution < -0.4 is 0 Å². The van der Waals surface area contributed by atoms with Crippen molar-refractivity contribution in [3.05, 3.63) is 59.8 Å². The number of nitrogens with zero attached hydrogens (tertiary/aromatic N) is 1. The van der Waals surface area contributed by atoms with E-state index in [1.807, 2.05) is 24.4 Å². The zero-order chi connectivity index (χ0) is 15.7.